The second-order valence-corrected chi connectivity index (χ2v) is 4.20. The minimum atomic E-state index is -0.514. The van der Waals surface area contributed by atoms with E-state index in [0.717, 1.165) is 3.57 Å². The molecule has 4 heteroatoms. The SMILES string of the molecule is C[C@@H](O)CNC(=O)c1ccccc1I. The highest BCUT2D eigenvalue weighted by atomic mass is 127. The number of rotatable bonds is 3. The first-order valence-electron chi connectivity index (χ1n) is 4.32. The number of aliphatic hydroxyl groups excluding tert-OH is 1. The Morgan fingerprint density at radius 1 is 1.57 bits per heavy atom. The molecular weight excluding hydrogens is 293 g/mol. The Morgan fingerprint density at radius 2 is 2.21 bits per heavy atom. The predicted octanol–water partition coefficient (Wildman–Crippen LogP) is 1.40. The summed E-state index contributed by atoms with van der Waals surface area (Å²) in [6.45, 7) is 1.92. The van der Waals surface area contributed by atoms with E-state index in [9.17, 15) is 4.79 Å². The van der Waals surface area contributed by atoms with Crippen molar-refractivity contribution in [1.82, 2.24) is 5.32 Å². The molecule has 0 heterocycles. The van der Waals surface area contributed by atoms with Gasteiger partial charge in [0.15, 0.2) is 0 Å². The molecule has 1 aromatic rings. The fourth-order valence-corrected chi connectivity index (χ4v) is 1.61. The summed E-state index contributed by atoms with van der Waals surface area (Å²) in [7, 11) is 0. The summed E-state index contributed by atoms with van der Waals surface area (Å²) in [5.74, 6) is -0.143. The minimum Gasteiger partial charge on any atom is -0.392 e. The molecule has 0 saturated heterocycles. The lowest BCUT2D eigenvalue weighted by Crippen LogP contribution is -2.30. The molecule has 76 valence electrons. The molecule has 0 aliphatic heterocycles. The van der Waals surface area contributed by atoms with Gasteiger partial charge < -0.3 is 10.4 Å². The summed E-state index contributed by atoms with van der Waals surface area (Å²) in [6.07, 6.45) is -0.514. The fourth-order valence-electron chi connectivity index (χ4n) is 0.981. The molecular formula is C10H12INO2. The first kappa shape index (κ1) is 11.5. The second kappa shape index (κ2) is 5.31. The van der Waals surface area contributed by atoms with Gasteiger partial charge in [-0.3, -0.25) is 4.79 Å². The van der Waals surface area contributed by atoms with E-state index in [1.54, 1.807) is 13.0 Å². The topological polar surface area (TPSA) is 49.3 Å². The van der Waals surface area contributed by atoms with Gasteiger partial charge in [0, 0.05) is 10.1 Å². The van der Waals surface area contributed by atoms with E-state index in [1.165, 1.54) is 0 Å². The van der Waals surface area contributed by atoms with Crippen molar-refractivity contribution in [1.29, 1.82) is 0 Å². The Labute approximate surface area is 96.7 Å². The molecule has 1 aromatic carbocycles. The highest BCUT2D eigenvalue weighted by molar-refractivity contribution is 14.1. The number of halogens is 1. The summed E-state index contributed by atoms with van der Waals surface area (Å²) in [4.78, 5) is 11.5. The van der Waals surface area contributed by atoms with Crippen molar-refractivity contribution in [2.45, 2.75) is 13.0 Å². The maximum absolute atomic E-state index is 11.5. The molecule has 0 radical (unpaired) electrons. The standard InChI is InChI=1S/C10H12INO2/c1-7(13)6-12-10(14)8-4-2-3-5-9(8)11/h2-5,7,13H,6H2,1H3,(H,12,14)/t7-/m1/s1. The zero-order chi connectivity index (χ0) is 10.6. The zero-order valence-corrected chi connectivity index (χ0v) is 9.98. The Balaban J connectivity index is 2.65. The van der Waals surface area contributed by atoms with Crippen LogP contribution in [0.2, 0.25) is 0 Å². The Morgan fingerprint density at radius 3 is 2.79 bits per heavy atom. The van der Waals surface area contributed by atoms with Crippen molar-refractivity contribution < 1.29 is 9.90 Å². The van der Waals surface area contributed by atoms with Crippen LogP contribution >= 0.6 is 22.6 Å². The number of hydrogen-bond acceptors (Lipinski definition) is 2. The summed E-state index contributed by atoms with van der Waals surface area (Å²) < 4.78 is 0.910. The molecule has 0 aliphatic carbocycles. The Bertz CT molecular complexity index is 326. The lowest BCUT2D eigenvalue weighted by atomic mass is 10.2. The second-order valence-electron chi connectivity index (χ2n) is 3.04. The highest BCUT2D eigenvalue weighted by Crippen LogP contribution is 2.10. The van der Waals surface area contributed by atoms with E-state index >= 15 is 0 Å². The van der Waals surface area contributed by atoms with E-state index < -0.39 is 6.10 Å². The third kappa shape index (κ3) is 3.26. The van der Waals surface area contributed by atoms with Crippen LogP contribution in [0.3, 0.4) is 0 Å². The molecule has 2 N–H and O–H groups in total. The molecule has 0 spiro atoms. The van der Waals surface area contributed by atoms with Gasteiger partial charge in [-0.15, -0.1) is 0 Å². The largest absolute Gasteiger partial charge is 0.392 e. The third-order valence-electron chi connectivity index (χ3n) is 1.68. The molecule has 0 bridgehead atoms. The summed E-state index contributed by atoms with van der Waals surface area (Å²) in [5, 5.41) is 11.6. The Kier molecular flexibility index (Phi) is 4.34. The summed E-state index contributed by atoms with van der Waals surface area (Å²) in [5.41, 5.74) is 0.647. The summed E-state index contributed by atoms with van der Waals surface area (Å²) >= 11 is 2.11. The van der Waals surface area contributed by atoms with E-state index in [2.05, 4.69) is 27.9 Å². The van der Waals surface area contributed by atoms with Crippen molar-refractivity contribution in [2.75, 3.05) is 6.54 Å². The number of benzene rings is 1. The average molecular weight is 305 g/mol. The van der Waals surface area contributed by atoms with E-state index in [1.807, 2.05) is 18.2 Å². The van der Waals surface area contributed by atoms with Gasteiger partial charge in [-0.05, 0) is 41.6 Å². The molecule has 0 aromatic heterocycles. The molecule has 1 rings (SSSR count). The van der Waals surface area contributed by atoms with E-state index in [-0.39, 0.29) is 12.5 Å². The van der Waals surface area contributed by atoms with Gasteiger partial charge >= 0.3 is 0 Å². The highest BCUT2D eigenvalue weighted by Gasteiger charge is 2.08. The van der Waals surface area contributed by atoms with Crippen LogP contribution in [0.4, 0.5) is 0 Å². The van der Waals surface area contributed by atoms with Crippen molar-refractivity contribution in [3.8, 4) is 0 Å². The van der Waals surface area contributed by atoms with Crippen LogP contribution in [0.15, 0.2) is 24.3 Å². The number of carbonyl (C=O) groups is 1. The zero-order valence-electron chi connectivity index (χ0n) is 7.83. The van der Waals surface area contributed by atoms with Gasteiger partial charge in [0.2, 0.25) is 0 Å². The lowest BCUT2D eigenvalue weighted by molar-refractivity contribution is 0.0923. The summed E-state index contributed by atoms with van der Waals surface area (Å²) in [6, 6.07) is 7.34. The number of nitrogens with one attached hydrogen (secondary N) is 1. The first-order chi connectivity index (χ1) is 6.61. The molecule has 0 unspecified atom stereocenters. The fraction of sp³-hybridized carbons (Fsp3) is 0.300. The molecule has 0 fully saturated rings. The number of carbonyl (C=O) groups excluding carboxylic acids is 1. The number of hydrogen-bond donors (Lipinski definition) is 2. The monoisotopic (exact) mass is 305 g/mol. The molecule has 1 amide bonds. The predicted molar refractivity (Wildman–Crippen MR) is 63.2 cm³/mol. The number of amides is 1. The van der Waals surface area contributed by atoms with E-state index in [4.69, 9.17) is 5.11 Å². The smallest absolute Gasteiger partial charge is 0.252 e. The van der Waals surface area contributed by atoms with Crippen LogP contribution in [0.25, 0.3) is 0 Å². The Hall–Kier alpha value is -0.620. The van der Waals surface area contributed by atoms with Crippen molar-refractivity contribution in [2.24, 2.45) is 0 Å². The van der Waals surface area contributed by atoms with Gasteiger partial charge in [0.25, 0.3) is 5.91 Å². The minimum absolute atomic E-state index is 0.143. The first-order valence-corrected chi connectivity index (χ1v) is 5.40. The van der Waals surface area contributed by atoms with Crippen molar-refractivity contribution in [3.63, 3.8) is 0 Å². The van der Waals surface area contributed by atoms with Crippen LogP contribution < -0.4 is 5.32 Å². The quantitative estimate of drug-likeness (QED) is 0.830. The number of aliphatic hydroxyl groups is 1. The van der Waals surface area contributed by atoms with Crippen LogP contribution in [0.1, 0.15) is 17.3 Å². The lowest BCUT2D eigenvalue weighted by Gasteiger charge is -2.07. The van der Waals surface area contributed by atoms with Crippen LogP contribution in [0.5, 0.6) is 0 Å². The van der Waals surface area contributed by atoms with Gasteiger partial charge in [-0.2, -0.15) is 0 Å². The maximum Gasteiger partial charge on any atom is 0.252 e. The van der Waals surface area contributed by atoms with Crippen LogP contribution in [-0.2, 0) is 0 Å². The normalized spacial score (nSPS) is 12.2. The molecule has 1 atom stereocenters. The molecule has 0 aliphatic rings. The van der Waals surface area contributed by atoms with Gasteiger partial charge in [0.1, 0.15) is 0 Å². The van der Waals surface area contributed by atoms with Gasteiger partial charge in [0.05, 0.1) is 11.7 Å². The van der Waals surface area contributed by atoms with Crippen LogP contribution in [-0.4, -0.2) is 23.7 Å². The third-order valence-corrected chi connectivity index (χ3v) is 2.62. The average Bonchev–Trinajstić information content (AvgIpc) is 2.15. The molecule has 14 heavy (non-hydrogen) atoms. The van der Waals surface area contributed by atoms with Crippen molar-refractivity contribution >= 4 is 28.5 Å². The molecule has 3 nitrogen and oxygen atoms in total. The molecule has 0 saturated carbocycles. The maximum atomic E-state index is 11.5. The van der Waals surface area contributed by atoms with Crippen LogP contribution in [0, 0.1) is 3.57 Å². The van der Waals surface area contributed by atoms with Gasteiger partial charge in [-0.25, -0.2) is 0 Å². The van der Waals surface area contributed by atoms with Crippen molar-refractivity contribution in [3.05, 3.63) is 33.4 Å². The van der Waals surface area contributed by atoms with E-state index in [0.29, 0.717) is 5.56 Å². The van der Waals surface area contributed by atoms with Gasteiger partial charge in [-0.1, -0.05) is 12.1 Å².